The van der Waals surface area contributed by atoms with Gasteiger partial charge in [-0.25, -0.2) is 4.79 Å². The number of carbonyl (C=O) groups excluding carboxylic acids is 1. The van der Waals surface area contributed by atoms with Crippen molar-refractivity contribution in [3.8, 4) is 5.69 Å². The molecule has 2 aromatic heterocycles. The molecule has 2 aromatic carbocycles. The van der Waals surface area contributed by atoms with Crippen LogP contribution in [0.25, 0.3) is 15.9 Å². The number of hydrogen-bond donors (Lipinski definition) is 1. The molecule has 7 nitrogen and oxygen atoms in total. The molecule has 0 bridgehead atoms. The Balaban J connectivity index is 1.61. The lowest BCUT2D eigenvalue weighted by Gasteiger charge is -2.43. The van der Waals surface area contributed by atoms with Crippen LogP contribution in [-0.2, 0) is 0 Å². The fourth-order valence-corrected chi connectivity index (χ4v) is 6.75. The minimum atomic E-state index is -0.912. The molecule has 1 aliphatic rings. The van der Waals surface area contributed by atoms with E-state index in [9.17, 15) is 19.5 Å². The van der Waals surface area contributed by atoms with Gasteiger partial charge in [0, 0.05) is 41.7 Å². The van der Waals surface area contributed by atoms with Crippen LogP contribution in [0.2, 0.25) is 0 Å². The predicted octanol–water partition coefficient (Wildman–Crippen LogP) is 6.03. The maximum atomic E-state index is 13.9. The van der Waals surface area contributed by atoms with Crippen molar-refractivity contribution in [3.05, 3.63) is 94.3 Å². The van der Waals surface area contributed by atoms with E-state index in [1.165, 1.54) is 17.4 Å². The third-order valence-electron chi connectivity index (χ3n) is 7.05. The van der Waals surface area contributed by atoms with Gasteiger partial charge in [-0.05, 0) is 51.8 Å². The lowest BCUT2D eigenvalue weighted by Crippen LogP contribution is -2.54. The molecule has 4 aromatic rings. The summed E-state index contributed by atoms with van der Waals surface area (Å²) < 4.78 is 1.67. The molecule has 0 atom stereocenters. The summed E-state index contributed by atoms with van der Waals surface area (Å²) in [5.74, 6) is -0.0888. The highest BCUT2D eigenvalue weighted by Gasteiger charge is 2.36. The van der Waals surface area contributed by atoms with Gasteiger partial charge in [0.25, 0.3) is 5.56 Å². The number of benzene rings is 2. The van der Waals surface area contributed by atoms with Gasteiger partial charge in [-0.1, -0.05) is 59.9 Å². The number of thiophene rings is 1. The molecule has 1 saturated heterocycles. The molecular formula is C30H31N3O4S. The van der Waals surface area contributed by atoms with Crippen molar-refractivity contribution in [2.45, 2.75) is 45.2 Å². The van der Waals surface area contributed by atoms with Crippen molar-refractivity contribution in [1.82, 2.24) is 9.47 Å². The van der Waals surface area contributed by atoms with Crippen LogP contribution < -0.4 is 10.5 Å². The van der Waals surface area contributed by atoms with E-state index in [-0.39, 0.29) is 17.4 Å². The topological polar surface area (TPSA) is 82.8 Å². The van der Waals surface area contributed by atoms with E-state index in [1.807, 2.05) is 81.4 Å². The fourth-order valence-electron chi connectivity index (χ4n) is 5.39. The number of aromatic nitrogens is 1. The maximum absolute atomic E-state index is 13.9. The first-order valence-electron chi connectivity index (χ1n) is 12.8. The summed E-state index contributed by atoms with van der Waals surface area (Å²) in [6.45, 7) is 6.97. The molecule has 3 heterocycles. The first-order valence-corrected chi connectivity index (χ1v) is 13.6. The number of carbonyl (C=O) groups is 2. The zero-order chi connectivity index (χ0) is 27.0. The summed E-state index contributed by atoms with van der Waals surface area (Å²) in [6.07, 6.45) is 0.398. The Morgan fingerprint density at radius 1 is 0.921 bits per heavy atom. The highest BCUT2D eigenvalue weighted by molar-refractivity contribution is 7.23. The molecule has 0 aliphatic carbocycles. The van der Waals surface area contributed by atoms with Gasteiger partial charge in [-0.2, -0.15) is 0 Å². The van der Waals surface area contributed by atoms with Crippen LogP contribution in [0.15, 0.2) is 77.6 Å². The average Bonchev–Trinajstić information content (AvgIpc) is 3.28. The molecule has 8 heteroatoms. The van der Waals surface area contributed by atoms with E-state index >= 15 is 0 Å². The fraction of sp³-hybridized carbons (Fsp3) is 0.300. The van der Waals surface area contributed by atoms with E-state index in [0.717, 1.165) is 20.9 Å². The van der Waals surface area contributed by atoms with Crippen LogP contribution in [0.3, 0.4) is 0 Å². The van der Waals surface area contributed by atoms with Crippen LogP contribution in [0.5, 0.6) is 0 Å². The number of carboxylic acid groups (broad SMARTS) is 1. The predicted molar refractivity (Wildman–Crippen MR) is 152 cm³/mol. The number of ketones is 1. The largest absolute Gasteiger partial charge is 0.465 e. The van der Waals surface area contributed by atoms with E-state index in [2.05, 4.69) is 4.90 Å². The van der Waals surface area contributed by atoms with E-state index in [0.29, 0.717) is 37.1 Å². The quantitative estimate of drug-likeness (QED) is 0.319. The van der Waals surface area contributed by atoms with Crippen LogP contribution >= 0.6 is 11.3 Å². The smallest absolute Gasteiger partial charge is 0.407 e. The summed E-state index contributed by atoms with van der Waals surface area (Å²) in [5.41, 5.74) is 1.26. The summed E-state index contributed by atoms with van der Waals surface area (Å²) >= 11 is 1.45. The van der Waals surface area contributed by atoms with Crippen LogP contribution in [0.1, 0.15) is 49.5 Å². The van der Waals surface area contributed by atoms with Crippen molar-refractivity contribution in [3.63, 3.8) is 0 Å². The molecule has 1 amide bonds. The average molecular weight is 530 g/mol. The summed E-state index contributed by atoms with van der Waals surface area (Å²) in [7, 11) is 0. The first-order chi connectivity index (χ1) is 18.2. The number of piperidine rings is 1. The number of rotatable bonds is 5. The van der Waals surface area contributed by atoms with Gasteiger partial charge in [0.15, 0.2) is 5.78 Å². The van der Waals surface area contributed by atoms with Crippen LogP contribution in [0, 0.1) is 0 Å². The van der Waals surface area contributed by atoms with Gasteiger partial charge < -0.3 is 14.9 Å². The third-order valence-corrected chi connectivity index (χ3v) is 8.30. The number of amides is 1. The van der Waals surface area contributed by atoms with Gasteiger partial charge in [0.05, 0.1) is 11.3 Å². The van der Waals surface area contributed by atoms with E-state index in [1.54, 1.807) is 15.5 Å². The highest BCUT2D eigenvalue weighted by atomic mass is 32.1. The zero-order valence-corrected chi connectivity index (χ0v) is 22.6. The maximum Gasteiger partial charge on any atom is 0.407 e. The first kappa shape index (κ1) is 25.7. The van der Waals surface area contributed by atoms with E-state index in [4.69, 9.17) is 0 Å². The summed E-state index contributed by atoms with van der Waals surface area (Å²) in [4.78, 5) is 43.5. The van der Waals surface area contributed by atoms with Crippen molar-refractivity contribution < 1.29 is 14.7 Å². The molecule has 38 heavy (non-hydrogen) atoms. The lowest BCUT2D eigenvalue weighted by atomic mass is 9.96. The van der Waals surface area contributed by atoms with Gasteiger partial charge >= 0.3 is 6.09 Å². The summed E-state index contributed by atoms with van der Waals surface area (Å²) in [6, 6.07) is 21.8. The molecule has 0 spiro atoms. The molecule has 1 fully saturated rings. The van der Waals surface area contributed by atoms with Crippen LogP contribution in [0.4, 0.5) is 9.80 Å². The third kappa shape index (κ3) is 4.72. The Hall–Kier alpha value is -3.91. The summed E-state index contributed by atoms with van der Waals surface area (Å²) in [5, 5.41) is 11.4. The number of nitrogens with zero attached hydrogens (tertiary/aromatic N) is 3. The number of para-hydroxylation sites is 1. The monoisotopic (exact) mass is 529 g/mol. The standard InChI is InChI=1S/C30H31N3O4S/c1-30(2,3)33(29(36)37)22-16-18-31(19-17-22)28-25(26(35)20-10-6-4-7-11-20)23-14-15-24(34)32(27(23)38-28)21-12-8-5-9-13-21/h4-15,22H,16-19H2,1-3H3,(H,36,37). The van der Waals surface area contributed by atoms with Gasteiger partial charge in [0.2, 0.25) is 0 Å². The number of fused-ring (bicyclic) bond motifs is 1. The molecule has 1 N–H and O–H groups in total. The normalized spacial score (nSPS) is 14.6. The van der Waals surface area contributed by atoms with Crippen molar-refractivity contribution in [2.75, 3.05) is 18.0 Å². The lowest BCUT2D eigenvalue weighted by molar-refractivity contribution is 0.0616. The minimum absolute atomic E-state index is 0.0888. The molecule has 1 aliphatic heterocycles. The number of anilines is 1. The Bertz CT molecular complexity index is 1530. The van der Waals surface area contributed by atoms with Gasteiger partial charge in [-0.15, -0.1) is 0 Å². The second kappa shape index (κ2) is 10.1. The van der Waals surface area contributed by atoms with Crippen molar-refractivity contribution in [2.24, 2.45) is 0 Å². The van der Waals surface area contributed by atoms with Crippen molar-refractivity contribution >= 4 is 38.4 Å². The molecular weight excluding hydrogens is 498 g/mol. The Morgan fingerprint density at radius 3 is 2.11 bits per heavy atom. The zero-order valence-electron chi connectivity index (χ0n) is 21.8. The molecule has 0 radical (unpaired) electrons. The minimum Gasteiger partial charge on any atom is -0.465 e. The molecule has 0 unspecified atom stereocenters. The molecule has 5 rings (SSSR count). The molecule has 196 valence electrons. The van der Waals surface area contributed by atoms with Gasteiger partial charge in [0.1, 0.15) is 9.83 Å². The Labute approximate surface area is 225 Å². The SMILES string of the molecule is CC(C)(C)N(C(=O)O)C1CCN(c2sc3c(ccc(=O)n3-c3ccccc3)c2C(=O)c2ccccc2)CC1. The van der Waals surface area contributed by atoms with Crippen LogP contribution in [-0.4, -0.2) is 51.1 Å². The number of hydrogen-bond acceptors (Lipinski definition) is 5. The highest BCUT2D eigenvalue weighted by Crippen LogP contribution is 2.41. The number of pyridine rings is 1. The molecule has 0 saturated carbocycles. The van der Waals surface area contributed by atoms with Gasteiger partial charge in [-0.3, -0.25) is 14.2 Å². The van der Waals surface area contributed by atoms with E-state index < -0.39 is 11.6 Å². The van der Waals surface area contributed by atoms with Crippen molar-refractivity contribution in [1.29, 1.82) is 0 Å². The Kier molecular flexibility index (Phi) is 6.84. The second-order valence-corrected chi connectivity index (χ2v) is 11.6. The second-order valence-electron chi connectivity index (χ2n) is 10.6. The Morgan fingerprint density at radius 2 is 1.53 bits per heavy atom.